The molecule has 0 bridgehead atoms. The number of aryl methyl sites for hydroxylation is 1. The Bertz CT molecular complexity index is 993. The first-order valence-corrected chi connectivity index (χ1v) is 9.80. The maximum Gasteiger partial charge on any atom is 0.128 e. The van der Waals surface area contributed by atoms with Crippen molar-refractivity contribution in [1.82, 2.24) is 0 Å². The highest BCUT2D eigenvalue weighted by molar-refractivity contribution is 7.99. The molecule has 3 aromatic carbocycles. The lowest BCUT2D eigenvalue weighted by atomic mass is 9.88. The number of benzene rings is 3. The fourth-order valence-corrected chi connectivity index (χ4v) is 5.02. The molecule has 2 heterocycles. The van der Waals surface area contributed by atoms with E-state index in [0.717, 1.165) is 22.7 Å². The standard InChI is InChI=1S/C23H19NOS/c1-15-10-12-16(13-11-15)23-18-14-25-20-8-4-2-6-17(20)22(18)24-19-7-3-5-9-21(19)26-23/h2-13,18,23H,14H2,1H3. The lowest BCUT2D eigenvalue weighted by Gasteiger charge is -2.31. The molecule has 2 atom stereocenters. The second kappa shape index (κ2) is 6.33. The summed E-state index contributed by atoms with van der Waals surface area (Å²) in [5, 5.41) is 0.284. The highest BCUT2D eigenvalue weighted by Gasteiger charge is 2.37. The number of para-hydroxylation sites is 2. The topological polar surface area (TPSA) is 21.6 Å². The molecule has 3 aromatic rings. The van der Waals surface area contributed by atoms with Crippen LogP contribution >= 0.6 is 11.8 Å². The molecule has 2 unspecified atom stereocenters. The number of ether oxygens (including phenoxy) is 1. The van der Waals surface area contributed by atoms with Gasteiger partial charge in [-0.05, 0) is 36.8 Å². The molecule has 26 heavy (non-hydrogen) atoms. The van der Waals surface area contributed by atoms with Crippen LogP contribution in [0.4, 0.5) is 5.69 Å². The first-order valence-electron chi connectivity index (χ1n) is 8.92. The van der Waals surface area contributed by atoms with Gasteiger partial charge in [-0.15, -0.1) is 11.8 Å². The summed E-state index contributed by atoms with van der Waals surface area (Å²) >= 11 is 1.90. The summed E-state index contributed by atoms with van der Waals surface area (Å²) in [5.74, 6) is 1.17. The summed E-state index contributed by atoms with van der Waals surface area (Å²) in [6.45, 7) is 2.79. The molecule has 0 saturated carbocycles. The van der Waals surface area contributed by atoms with Gasteiger partial charge in [0.2, 0.25) is 0 Å². The van der Waals surface area contributed by atoms with Gasteiger partial charge in [-0.25, -0.2) is 0 Å². The average Bonchev–Trinajstić information content (AvgIpc) is 2.85. The van der Waals surface area contributed by atoms with Crippen LogP contribution in [0, 0.1) is 12.8 Å². The fraction of sp³-hybridized carbons (Fsp3) is 0.174. The maximum absolute atomic E-state index is 6.13. The van der Waals surface area contributed by atoms with Crippen LogP contribution in [0.15, 0.2) is 82.7 Å². The monoisotopic (exact) mass is 357 g/mol. The van der Waals surface area contributed by atoms with Gasteiger partial charge in [-0.1, -0.05) is 54.1 Å². The molecule has 0 spiro atoms. The molecule has 0 aromatic heterocycles. The first kappa shape index (κ1) is 15.7. The molecule has 2 aliphatic heterocycles. The number of fused-ring (bicyclic) bond motifs is 4. The minimum Gasteiger partial charge on any atom is -0.492 e. The maximum atomic E-state index is 6.13. The van der Waals surface area contributed by atoms with Crippen LogP contribution in [0.2, 0.25) is 0 Å². The third kappa shape index (κ3) is 2.63. The Morgan fingerprint density at radius 1 is 0.923 bits per heavy atom. The van der Waals surface area contributed by atoms with Crippen molar-refractivity contribution in [1.29, 1.82) is 0 Å². The van der Waals surface area contributed by atoms with Crippen LogP contribution in [0.5, 0.6) is 5.75 Å². The van der Waals surface area contributed by atoms with Gasteiger partial charge < -0.3 is 4.74 Å². The van der Waals surface area contributed by atoms with Crippen molar-refractivity contribution in [2.75, 3.05) is 6.61 Å². The van der Waals surface area contributed by atoms with Gasteiger partial charge >= 0.3 is 0 Å². The predicted octanol–water partition coefficient (Wildman–Crippen LogP) is 5.97. The zero-order valence-corrected chi connectivity index (χ0v) is 15.4. The molecular weight excluding hydrogens is 338 g/mol. The Balaban J connectivity index is 1.70. The van der Waals surface area contributed by atoms with Gasteiger partial charge in [0.25, 0.3) is 0 Å². The molecule has 2 nitrogen and oxygen atoms in total. The summed E-state index contributed by atoms with van der Waals surface area (Å²) in [6, 6.07) is 25.6. The number of nitrogens with zero attached hydrogens (tertiary/aromatic N) is 1. The lowest BCUT2D eigenvalue weighted by Crippen LogP contribution is -2.31. The summed E-state index contributed by atoms with van der Waals surface area (Å²) in [4.78, 5) is 6.35. The smallest absolute Gasteiger partial charge is 0.128 e. The van der Waals surface area contributed by atoms with E-state index in [0.29, 0.717) is 6.61 Å². The van der Waals surface area contributed by atoms with Crippen molar-refractivity contribution in [3.63, 3.8) is 0 Å². The Hall–Kier alpha value is -2.52. The third-order valence-corrected chi connectivity index (χ3v) is 6.52. The molecule has 5 rings (SSSR count). The van der Waals surface area contributed by atoms with Crippen molar-refractivity contribution < 1.29 is 4.74 Å². The molecular formula is C23H19NOS. The van der Waals surface area contributed by atoms with E-state index >= 15 is 0 Å². The molecule has 2 aliphatic rings. The second-order valence-electron chi connectivity index (χ2n) is 6.83. The summed E-state index contributed by atoms with van der Waals surface area (Å²) < 4.78 is 6.13. The Morgan fingerprint density at radius 2 is 1.69 bits per heavy atom. The van der Waals surface area contributed by atoms with Crippen molar-refractivity contribution >= 4 is 23.2 Å². The van der Waals surface area contributed by atoms with Gasteiger partial charge in [0, 0.05) is 15.7 Å². The molecule has 3 heteroatoms. The van der Waals surface area contributed by atoms with E-state index in [4.69, 9.17) is 9.73 Å². The third-order valence-electron chi connectivity index (χ3n) is 5.06. The average molecular weight is 357 g/mol. The number of thioether (sulfide) groups is 1. The van der Waals surface area contributed by atoms with Crippen LogP contribution in [0.3, 0.4) is 0 Å². The summed E-state index contributed by atoms with van der Waals surface area (Å²) in [5.41, 5.74) is 5.95. The molecule has 0 saturated heterocycles. The van der Waals surface area contributed by atoms with E-state index in [1.165, 1.54) is 16.0 Å². The van der Waals surface area contributed by atoms with Gasteiger partial charge in [0.15, 0.2) is 0 Å². The molecule has 0 radical (unpaired) electrons. The number of aliphatic imine (C=N–C) groups is 1. The zero-order chi connectivity index (χ0) is 17.5. The quantitative estimate of drug-likeness (QED) is 0.535. The Kier molecular flexibility index (Phi) is 3.83. The van der Waals surface area contributed by atoms with Gasteiger partial charge in [0.05, 0.1) is 23.9 Å². The number of rotatable bonds is 1. The normalized spacial score (nSPS) is 20.7. The van der Waals surface area contributed by atoms with Gasteiger partial charge in [-0.3, -0.25) is 4.99 Å². The summed E-state index contributed by atoms with van der Waals surface area (Å²) in [6.07, 6.45) is 0. The molecule has 128 valence electrons. The van der Waals surface area contributed by atoms with Crippen LogP contribution < -0.4 is 4.74 Å². The largest absolute Gasteiger partial charge is 0.492 e. The minimum absolute atomic E-state index is 0.227. The van der Waals surface area contributed by atoms with Crippen LogP contribution in [0.25, 0.3) is 0 Å². The van der Waals surface area contributed by atoms with Crippen LogP contribution in [0.1, 0.15) is 21.9 Å². The zero-order valence-electron chi connectivity index (χ0n) is 14.6. The lowest BCUT2D eigenvalue weighted by molar-refractivity contribution is 0.271. The molecule has 0 N–H and O–H groups in total. The predicted molar refractivity (Wildman–Crippen MR) is 108 cm³/mol. The second-order valence-corrected chi connectivity index (χ2v) is 8.01. The van der Waals surface area contributed by atoms with E-state index in [9.17, 15) is 0 Å². The minimum atomic E-state index is 0.227. The Labute approximate surface area is 157 Å². The van der Waals surface area contributed by atoms with Gasteiger partial charge in [-0.2, -0.15) is 0 Å². The van der Waals surface area contributed by atoms with Crippen molar-refractivity contribution in [2.24, 2.45) is 10.9 Å². The fourth-order valence-electron chi connectivity index (χ4n) is 3.69. The highest BCUT2D eigenvalue weighted by Crippen LogP contribution is 2.50. The molecule has 0 aliphatic carbocycles. The molecule has 0 amide bonds. The summed E-state index contributed by atoms with van der Waals surface area (Å²) in [7, 11) is 0. The van der Waals surface area contributed by atoms with Crippen molar-refractivity contribution in [3.05, 3.63) is 89.5 Å². The first-order chi connectivity index (χ1) is 12.8. The van der Waals surface area contributed by atoms with Crippen molar-refractivity contribution in [2.45, 2.75) is 17.1 Å². The van der Waals surface area contributed by atoms with E-state index in [1.54, 1.807) is 0 Å². The van der Waals surface area contributed by atoms with Crippen LogP contribution in [-0.2, 0) is 0 Å². The van der Waals surface area contributed by atoms with E-state index in [2.05, 4.69) is 67.6 Å². The Morgan fingerprint density at radius 3 is 2.58 bits per heavy atom. The SMILES string of the molecule is Cc1ccc(C2Sc3ccccc3N=C3c4ccccc4OCC32)cc1. The highest BCUT2D eigenvalue weighted by atomic mass is 32.2. The number of hydrogen-bond donors (Lipinski definition) is 0. The van der Waals surface area contributed by atoms with Crippen LogP contribution in [-0.4, -0.2) is 12.3 Å². The number of hydrogen-bond acceptors (Lipinski definition) is 3. The van der Waals surface area contributed by atoms with E-state index in [1.807, 2.05) is 23.9 Å². The van der Waals surface area contributed by atoms with E-state index in [-0.39, 0.29) is 11.2 Å². The van der Waals surface area contributed by atoms with Crippen molar-refractivity contribution in [3.8, 4) is 5.75 Å². The van der Waals surface area contributed by atoms with E-state index < -0.39 is 0 Å². The molecule has 0 fully saturated rings. The van der Waals surface area contributed by atoms with Gasteiger partial charge in [0.1, 0.15) is 5.75 Å².